The Morgan fingerprint density at radius 3 is 2.60 bits per heavy atom. The van der Waals surface area contributed by atoms with Crippen LogP contribution >= 0.6 is 23.2 Å². The fourth-order valence-electron chi connectivity index (χ4n) is 5.50. The molecule has 0 aromatic heterocycles. The third-order valence-electron chi connectivity index (χ3n) is 7.54. The number of hydrogen-bond donors (Lipinski definition) is 3. The highest BCUT2D eigenvalue weighted by atomic mass is 35.5. The molecule has 2 fully saturated rings. The smallest absolute Gasteiger partial charge is 0.304 e. The highest BCUT2D eigenvalue weighted by Crippen LogP contribution is 2.40. The van der Waals surface area contributed by atoms with Crippen molar-refractivity contribution in [2.24, 2.45) is 5.92 Å². The zero-order valence-electron chi connectivity index (χ0n) is 19.8. The molecule has 2 saturated heterocycles. The number of hydrogen-bond acceptors (Lipinski definition) is 4. The largest absolute Gasteiger partial charge is 0.481 e. The molecule has 0 bridgehead atoms. The van der Waals surface area contributed by atoms with Crippen molar-refractivity contribution in [3.63, 3.8) is 0 Å². The topological polar surface area (TPSA) is 87.7 Å². The molecule has 8 heteroatoms. The molecule has 3 N–H and O–H groups in total. The second-order valence-electron chi connectivity index (χ2n) is 9.83. The van der Waals surface area contributed by atoms with Crippen LogP contribution in [0.5, 0.6) is 0 Å². The first kappa shape index (κ1) is 26.0. The molecule has 2 heterocycles. The lowest BCUT2D eigenvalue weighted by Crippen LogP contribution is -2.52. The Balaban J connectivity index is 1.60. The summed E-state index contributed by atoms with van der Waals surface area (Å²) in [6.45, 7) is 4.43. The summed E-state index contributed by atoms with van der Waals surface area (Å²) in [5.74, 6) is -1.76. The third-order valence-corrected chi connectivity index (χ3v) is 8.02. The first-order valence-corrected chi connectivity index (χ1v) is 12.9. The zero-order valence-corrected chi connectivity index (χ0v) is 21.3. The number of halogens is 2. The average Bonchev–Trinajstić information content (AvgIpc) is 2.84. The standard InChI is InChI=1S/C27H32Cl2N2O4/c1-27(24-16-30-11-12-35-24,19-5-7-20(28)8-6-19)10-9-23-22(17-3-2-4-21(29)13-17)14-18(15-25(32)33)26(34)31-23/h2-8,13,18,22-24,30H,9-12,14-16H2,1H3,(H,31,34)(H,32,33)/t18-,22-,23+,24+,27+/m1/s1. The molecule has 6 nitrogen and oxygen atoms in total. The third kappa shape index (κ3) is 6.18. The number of ether oxygens (including phenoxy) is 1. The number of carbonyl (C=O) groups excluding carboxylic acids is 1. The van der Waals surface area contributed by atoms with Gasteiger partial charge in [-0.3, -0.25) is 9.59 Å². The van der Waals surface area contributed by atoms with Gasteiger partial charge >= 0.3 is 5.97 Å². The predicted octanol–water partition coefficient (Wildman–Crippen LogP) is 4.78. The molecule has 2 aliphatic rings. The highest BCUT2D eigenvalue weighted by Gasteiger charge is 2.42. The summed E-state index contributed by atoms with van der Waals surface area (Å²) in [6, 6.07) is 15.4. The van der Waals surface area contributed by atoms with Crippen LogP contribution in [0.3, 0.4) is 0 Å². The lowest BCUT2D eigenvalue weighted by molar-refractivity contribution is -0.142. The van der Waals surface area contributed by atoms with Crippen molar-refractivity contribution in [2.45, 2.75) is 56.1 Å². The van der Waals surface area contributed by atoms with Gasteiger partial charge in [0.25, 0.3) is 0 Å². The molecule has 2 aliphatic heterocycles. The van der Waals surface area contributed by atoms with E-state index in [1.807, 2.05) is 36.4 Å². The lowest BCUT2D eigenvalue weighted by Gasteiger charge is -2.43. The van der Waals surface area contributed by atoms with E-state index in [0.717, 1.165) is 30.6 Å². The van der Waals surface area contributed by atoms with Gasteiger partial charge in [0.2, 0.25) is 5.91 Å². The van der Waals surface area contributed by atoms with E-state index in [1.54, 1.807) is 0 Å². The van der Waals surface area contributed by atoms with Crippen LogP contribution in [0.15, 0.2) is 48.5 Å². The number of rotatable bonds is 8. The van der Waals surface area contributed by atoms with Gasteiger partial charge in [0.15, 0.2) is 0 Å². The Morgan fingerprint density at radius 1 is 1.17 bits per heavy atom. The molecule has 35 heavy (non-hydrogen) atoms. The number of aliphatic carboxylic acids is 1. The van der Waals surface area contributed by atoms with Gasteiger partial charge in [-0.05, 0) is 54.7 Å². The van der Waals surface area contributed by atoms with Crippen LogP contribution in [-0.2, 0) is 19.7 Å². The summed E-state index contributed by atoms with van der Waals surface area (Å²) < 4.78 is 6.21. The van der Waals surface area contributed by atoms with E-state index in [9.17, 15) is 14.7 Å². The molecule has 0 saturated carbocycles. The summed E-state index contributed by atoms with van der Waals surface area (Å²) in [5, 5.41) is 17.2. The van der Waals surface area contributed by atoms with Gasteiger partial charge in [-0.2, -0.15) is 0 Å². The summed E-state index contributed by atoms with van der Waals surface area (Å²) in [7, 11) is 0. The minimum absolute atomic E-state index is 0.0268. The number of piperidine rings is 1. The first-order valence-electron chi connectivity index (χ1n) is 12.1. The number of carboxylic acids is 1. The fraction of sp³-hybridized carbons (Fsp3) is 0.481. The molecule has 2 aromatic carbocycles. The molecule has 0 unspecified atom stereocenters. The highest BCUT2D eigenvalue weighted by molar-refractivity contribution is 6.30. The van der Waals surface area contributed by atoms with E-state index in [1.165, 1.54) is 0 Å². The summed E-state index contributed by atoms with van der Waals surface area (Å²) in [5.41, 5.74) is 1.85. The maximum Gasteiger partial charge on any atom is 0.304 e. The van der Waals surface area contributed by atoms with Crippen LogP contribution in [0.4, 0.5) is 0 Å². The number of morpholine rings is 1. The molecular weight excluding hydrogens is 487 g/mol. The van der Waals surface area contributed by atoms with Crippen molar-refractivity contribution < 1.29 is 19.4 Å². The van der Waals surface area contributed by atoms with Crippen molar-refractivity contribution in [1.82, 2.24) is 10.6 Å². The van der Waals surface area contributed by atoms with Crippen LogP contribution in [-0.4, -0.2) is 48.8 Å². The predicted molar refractivity (Wildman–Crippen MR) is 137 cm³/mol. The van der Waals surface area contributed by atoms with Gasteiger partial charge < -0.3 is 20.5 Å². The molecule has 5 atom stereocenters. The monoisotopic (exact) mass is 518 g/mol. The molecule has 1 amide bonds. The number of benzene rings is 2. The second kappa shape index (κ2) is 11.3. The quantitative estimate of drug-likeness (QED) is 0.467. The minimum Gasteiger partial charge on any atom is -0.481 e. The molecule has 2 aromatic rings. The Kier molecular flexibility index (Phi) is 8.38. The van der Waals surface area contributed by atoms with Gasteiger partial charge in [0.1, 0.15) is 0 Å². The van der Waals surface area contributed by atoms with Gasteiger partial charge in [-0.15, -0.1) is 0 Å². The Morgan fingerprint density at radius 2 is 1.94 bits per heavy atom. The Labute approximate surface area is 216 Å². The van der Waals surface area contributed by atoms with E-state index in [0.29, 0.717) is 29.5 Å². The number of carbonyl (C=O) groups is 2. The summed E-state index contributed by atoms with van der Waals surface area (Å²) >= 11 is 12.5. The van der Waals surface area contributed by atoms with Gasteiger partial charge in [0, 0.05) is 46.4 Å². The molecule has 188 valence electrons. The first-order chi connectivity index (χ1) is 16.8. The molecule has 4 rings (SSSR count). The van der Waals surface area contributed by atoms with Crippen LogP contribution in [0.1, 0.15) is 49.7 Å². The zero-order chi connectivity index (χ0) is 25.0. The number of nitrogens with one attached hydrogen (secondary N) is 2. The number of carboxylic acid groups (broad SMARTS) is 1. The molecule has 0 radical (unpaired) electrons. The molecular formula is C27H32Cl2N2O4. The summed E-state index contributed by atoms with van der Waals surface area (Å²) in [6.07, 6.45) is 1.75. The van der Waals surface area contributed by atoms with Gasteiger partial charge in [-0.1, -0.05) is 54.4 Å². The van der Waals surface area contributed by atoms with Gasteiger partial charge in [-0.25, -0.2) is 0 Å². The maximum atomic E-state index is 12.9. The summed E-state index contributed by atoms with van der Waals surface area (Å²) in [4.78, 5) is 24.2. The van der Waals surface area contributed by atoms with E-state index in [2.05, 4.69) is 29.7 Å². The van der Waals surface area contributed by atoms with Crippen molar-refractivity contribution in [3.8, 4) is 0 Å². The fourth-order valence-corrected chi connectivity index (χ4v) is 5.82. The van der Waals surface area contributed by atoms with E-state index >= 15 is 0 Å². The van der Waals surface area contributed by atoms with Gasteiger partial charge in [0.05, 0.1) is 19.1 Å². The van der Waals surface area contributed by atoms with E-state index in [4.69, 9.17) is 27.9 Å². The number of amides is 1. The molecule has 0 aliphatic carbocycles. The van der Waals surface area contributed by atoms with E-state index < -0.39 is 11.9 Å². The molecule has 0 spiro atoms. The van der Waals surface area contributed by atoms with Crippen molar-refractivity contribution in [1.29, 1.82) is 0 Å². The second-order valence-corrected chi connectivity index (χ2v) is 10.7. The minimum atomic E-state index is -0.967. The van der Waals surface area contributed by atoms with Crippen LogP contribution in [0.2, 0.25) is 10.0 Å². The van der Waals surface area contributed by atoms with Crippen molar-refractivity contribution >= 4 is 35.1 Å². The van der Waals surface area contributed by atoms with Crippen molar-refractivity contribution in [3.05, 3.63) is 69.7 Å². The van der Waals surface area contributed by atoms with E-state index in [-0.39, 0.29) is 35.8 Å². The average molecular weight is 519 g/mol. The van der Waals surface area contributed by atoms with Crippen LogP contribution < -0.4 is 10.6 Å². The maximum absolute atomic E-state index is 12.9. The Bertz CT molecular complexity index is 1040. The van der Waals surface area contributed by atoms with Crippen molar-refractivity contribution in [2.75, 3.05) is 19.7 Å². The SMILES string of the molecule is C[C@](CC[C@@H]1NC(=O)[C@@H](CC(=O)O)C[C@@H]1c1cccc(Cl)c1)(c1ccc(Cl)cc1)[C@@H]1CNCCO1. The van der Waals surface area contributed by atoms with Crippen LogP contribution in [0, 0.1) is 5.92 Å². The lowest BCUT2D eigenvalue weighted by atomic mass is 9.70. The van der Waals surface area contributed by atoms with Crippen LogP contribution in [0.25, 0.3) is 0 Å². The Hall–Kier alpha value is -2.12. The normalized spacial score (nSPS) is 26.5.